The standard InChI is InChI=1S/C5H8O2P/c1-3-5-7-8(6)4-2/h3-4H,1-2,5H2/q+1. The van der Waals surface area contributed by atoms with Gasteiger partial charge in [0.05, 0.1) is 0 Å². The van der Waals surface area contributed by atoms with Crippen LogP contribution in [0.15, 0.2) is 25.1 Å². The Morgan fingerprint density at radius 2 is 2.25 bits per heavy atom. The van der Waals surface area contributed by atoms with Crippen molar-refractivity contribution in [1.29, 1.82) is 0 Å². The Morgan fingerprint density at radius 1 is 1.62 bits per heavy atom. The molecular formula is C5H8O2P+. The predicted molar refractivity (Wildman–Crippen MR) is 34.0 cm³/mol. The molecule has 0 N–H and O–H groups in total. The van der Waals surface area contributed by atoms with Gasteiger partial charge in [0.2, 0.25) is 0 Å². The summed E-state index contributed by atoms with van der Waals surface area (Å²) in [6, 6.07) is 0. The highest BCUT2D eigenvalue weighted by Gasteiger charge is 2.06. The highest BCUT2D eigenvalue weighted by molar-refractivity contribution is 7.42. The van der Waals surface area contributed by atoms with Crippen LogP contribution in [-0.2, 0) is 9.09 Å². The zero-order valence-corrected chi connectivity index (χ0v) is 5.43. The molecule has 0 aliphatic heterocycles. The SMILES string of the molecule is C=CCO[P+](=O)C=C. The number of rotatable bonds is 4. The third-order valence-corrected chi connectivity index (χ3v) is 1.17. The van der Waals surface area contributed by atoms with Crippen LogP contribution in [0.4, 0.5) is 0 Å². The van der Waals surface area contributed by atoms with Gasteiger partial charge in [-0.05, 0) is 11.1 Å². The Balaban J connectivity index is 3.24. The van der Waals surface area contributed by atoms with Gasteiger partial charge in [-0.1, -0.05) is 6.08 Å². The van der Waals surface area contributed by atoms with Crippen LogP contribution >= 0.6 is 8.03 Å². The summed E-state index contributed by atoms with van der Waals surface area (Å²) < 4.78 is 14.9. The molecule has 0 fully saturated rings. The van der Waals surface area contributed by atoms with Crippen molar-refractivity contribution in [1.82, 2.24) is 0 Å². The predicted octanol–water partition coefficient (Wildman–Crippen LogP) is 2.07. The Labute approximate surface area is 49.7 Å². The summed E-state index contributed by atoms with van der Waals surface area (Å²) in [4.78, 5) is 0. The largest absolute Gasteiger partial charge is 0.540 e. The first-order chi connectivity index (χ1) is 3.81. The van der Waals surface area contributed by atoms with Gasteiger partial charge in [0.15, 0.2) is 5.82 Å². The van der Waals surface area contributed by atoms with Gasteiger partial charge in [0.25, 0.3) is 0 Å². The smallest absolute Gasteiger partial charge is 0.138 e. The second-order valence-electron chi connectivity index (χ2n) is 1.05. The first-order valence-electron chi connectivity index (χ1n) is 2.14. The van der Waals surface area contributed by atoms with Gasteiger partial charge in [-0.15, -0.1) is 11.1 Å². The minimum absolute atomic E-state index is 0.321. The number of hydrogen-bond acceptors (Lipinski definition) is 2. The van der Waals surface area contributed by atoms with Crippen LogP contribution in [0.5, 0.6) is 0 Å². The van der Waals surface area contributed by atoms with Crippen LogP contribution < -0.4 is 0 Å². The lowest BCUT2D eigenvalue weighted by Gasteiger charge is -1.74. The number of hydrogen-bond donors (Lipinski definition) is 0. The molecule has 0 aromatic heterocycles. The molecular weight excluding hydrogens is 123 g/mol. The zero-order valence-electron chi connectivity index (χ0n) is 4.54. The second-order valence-corrected chi connectivity index (χ2v) is 2.25. The zero-order chi connectivity index (χ0) is 6.41. The van der Waals surface area contributed by atoms with E-state index < -0.39 is 8.03 Å². The fraction of sp³-hybridized carbons (Fsp3) is 0.200. The molecule has 0 aromatic carbocycles. The van der Waals surface area contributed by atoms with Gasteiger partial charge in [-0.2, -0.15) is 0 Å². The molecule has 3 heteroatoms. The van der Waals surface area contributed by atoms with E-state index in [0.29, 0.717) is 6.61 Å². The molecule has 0 radical (unpaired) electrons. The lowest BCUT2D eigenvalue weighted by molar-refractivity contribution is 0.378. The highest BCUT2D eigenvalue weighted by atomic mass is 31.1. The average Bonchev–Trinajstić information content (AvgIpc) is 1.83. The topological polar surface area (TPSA) is 26.3 Å². The van der Waals surface area contributed by atoms with E-state index in [9.17, 15) is 4.57 Å². The molecule has 0 amide bonds. The van der Waals surface area contributed by atoms with E-state index in [1.165, 1.54) is 11.9 Å². The molecule has 2 nitrogen and oxygen atoms in total. The summed E-state index contributed by atoms with van der Waals surface area (Å²) in [5.41, 5.74) is 0. The van der Waals surface area contributed by atoms with Crippen molar-refractivity contribution in [3.8, 4) is 0 Å². The molecule has 0 rings (SSSR count). The normalized spacial score (nSPS) is 10.2. The summed E-state index contributed by atoms with van der Waals surface area (Å²) in [7, 11) is -1.64. The van der Waals surface area contributed by atoms with Crippen molar-refractivity contribution in [2.24, 2.45) is 0 Å². The molecule has 44 valence electrons. The maximum atomic E-state index is 10.3. The summed E-state index contributed by atoms with van der Waals surface area (Å²) in [6.07, 6.45) is 1.54. The lowest BCUT2D eigenvalue weighted by atomic mass is 10.7. The van der Waals surface area contributed by atoms with Crippen molar-refractivity contribution in [3.63, 3.8) is 0 Å². The van der Waals surface area contributed by atoms with Crippen LogP contribution in [0.3, 0.4) is 0 Å². The van der Waals surface area contributed by atoms with Crippen LogP contribution in [0, 0.1) is 0 Å². The van der Waals surface area contributed by atoms with E-state index >= 15 is 0 Å². The van der Waals surface area contributed by atoms with E-state index in [4.69, 9.17) is 0 Å². The summed E-state index contributed by atoms with van der Waals surface area (Å²) in [6.45, 7) is 6.97. The van der Waals surface area contributed by atoms with Crippen molar-refractivity contribution in [2.45, 2.75) is 0 Å². The van der Waals surface area contributed by atoms with Crippen LogP contribution in [0.1, 0.15) is 0 Å². The third-order valence-electron chi connectivity index (χ3n) is 0.469. The van der Waals surface area contributed by atoms with Crippen molar-refractivity contribution >= 4 is 8.03 Å². The maximum absolute atomic E-state index is 10.3. The van der Waals surface area contributed by atoms with E-state index in [0.717, 1.165) is 0 Å². The second kappa shape index (κ2) is 4.69. The van der Waals surface area contributed by atoms with E-state index in [1.54, 1.807) is 0 Å². The minimum atomic E-state index is -1.64. The van der Waals surface area contributed by atoms with Gasteiger partial charge in [-0.25, -0.2) is 0 Å². The Hall–Kier alpha value is -0.460. The highest BCUT2D eigenvalue weighted by Crippen LogP contribution is 2.21. The van der Waals surface area contributed by atoms with Crippen LogP contribution in [-0.4, -0.2) is 6.61 Å². The first kappa shape index (κ1) is 7.54. The average molecular weight is 131 g/mol. The Kier molecular flexibility index (Phi) is 4.42. The maximum Gasteiger partial charge on any atom is 0.540 e. The van der Waals surface area contributed by atoms with Crippen LogP contribution in [0.2, 0.25) is 0 Å². The summed E-state index contributed by atoms with van der Waals surface area (Å²) in [5, 5.41) is 0. The van der Waals surface area contributed by atoms with Gasteiger partial charge in [0.1, 0.15) is 6.61 Å². The molecule has 0 saturated carbocycles. The fourth-order valence-electron chi connectivity index (χ4n) is 0.179. The molecule has 0 saturated heterocycles. The Morgan fingerprint density at radius 3 is 2.62 bits per heavy atom. The monoisotopic (exact) mass is 131 g/mol. The van der Waals surface area contributed by atoms with Gasteiger partial charge < -0.3 is 0 Å². The molecule has 8 heavy (non-hydrogen) atoms. The van der Waals surface area contributed by atoms with Gasteiger partial charge in [0, 0.05) is 0 Å². The summed E-state index contributed by atoms with van der Waals surface area (Å²) in [5.74, 6) is 1.26. The van der Waals surface area contributed by atoms with Crippen molar-refractivity contribution in [3.05, 3.63) is 25.1 Å². The van der Waals surface area contributed by atoms with E-state index in [-0.39, 0.29) is 0 Å². The molecule has 1 atom stereocenters. The molecule has 0 bridgehead atoms. The van der Waals surface area contributed by atoms with Crippen molar-refractivity contribution in [2.75, 3.05) is 6.61 Å². The van der Waals surface area contributed by atoms with E-state index in [1.807, 2.05) is 0 Å². The fourth-order valence-corrected chi connectivity index (χ4v) is 0.537. The first-order valence-corrected chi connectivity index (χ1v) is 3.38. The minimum Gasteiger partial charge on any atom is -0.138 e. The molecule has 0 spiro atoms. The van der Waals surface area contributed by atoms with Gasteiger partial charge in [-0.3, -0.25) is 0 Å². The molecule has 0 aliphatic rings. The lowest BCUT2D eigenvalue weighted by Crippen LogP contribution is -1.74. The molecule has 1 unspecified atom stereocenters. The third kappa shape index (κ3) is 3.72. The van der Waals surface area contributed by atoms with Crippen molar-refractivity contribution < 1.29 is 9.09 Å². The molecule has 0 aromatic rings. The summed E-state index contributed by atoms with van der Waals surface area (Å²) >= 11 is 0. The van der Waals surface area contributed by atoms with E-state index in [2.05, 4.69) is 17.7 Å². The molecule has 0 aliphatic carbocycles. The molecule has 0 heterocycles. The quantitative estimate of drug-likeness (QED) is 0.431. The van der Waals surface area contributed by atoms with Gasteiger partial charge >= 0.3 is 8.03 Å². The van der Waals surface area contributed by atoms with Crippen LogP contribution in [0.25, 0.3) is 0 Å². The Bertz CT molecular complexity index is 109.